The molecule has 0 aliphatic carbocycles. The number of nitrogens with two attached hydrogens (primary N) is 1. The molecule has 0 spiro atoms. The van der Waals surface area contributed by atoms with Crippen LogP contribution in [0.3, 0.4) is 0 Å². The van der Waals surface area contributed by atoms with Crippen molar-refractivity contribution in [3.05, 3.63) is 35.4 Å². The Hall–Kier alpha value is -1.86. The van der Waals surface area contributed by atoms with E-state index in [2.05, 4.69) is 6.07 Å². The third kappa shape index (κ3) is 3.05. The predicted molar refractivity (Wildman–Crippen MR) is 64.1 cm³/mol. The van der Waals surface area contributed by atoms with E-state index >= 15 is 0 Å². The van der Waals surface area contributed by atoms with Crippen molar-refractivity contribution in [3.63, 3.8) is 0 Å². The molecule has 0 aliphatic heterocycles. The lowest BCUT2D eigenvalue weighted by atomic mass is 9.89. The fraction of sp³-hybridized carbons (Fsp3) is 0.385. The summed E-state index contributed by atoms with van der Waals surface area (Å²) in [6, 6.07) is 9.14. The normalized spacial score (nSPS) is 13.5. The summed E-state index contributed by atoms with van der Waals surface area (Å²) in [5, 5.41) is 8.80. The number of ether oxygens (including phenoxy) is 1. The van der Waals surface area contributed by atoms with Gasteiger partial charge in [-0.15, -0.1) is 0 Å². The van der Waals surface area contributed by atoms with Crippen LogP contribution >= 0.6 is 0 Å². The topological polar surface area (TPSA) is 76.1 Å². The molecule has 1 aromatic carbocycles. The lowest BCUT2D eigenvalue weighted by Crippen LogP contribution is -2.50. The molecule has 0 radical (unpaired) electrons. The van der Waals surface area contributed by atoms with E-state index < -0.39 is 11.5 Å². The second kappa shape index (κ2) is 5.46. The van der Waals surface area contributed by atoms with Gasteiger partial charge in [-0.2, -0.15) is 5.26 Å². The monoisotopic (exact) mass is 232 g/mol. The van der Waals surface area contributed by atoms with E-state index in [-0.39, 0.29) is 0 Å². The minimum atomic E-state index is -1.02. The van der Waals surface area contributed by atoms with Gasteiger partial charge in [0.15, 0.2) is 0 Å². The first-order valence-electron chi connectivity index (χ1n) is 5.42. The molecule has 0 heterocycles. The van der Waals surface area contributed by atoms with Crippen LogP contribution in [0.15, 0.2) is 24.3 Å². The van der Waals surface area contributed by atoms with Crippen LogP contribution in [0.4, 0.5) is 0 Å². The van der Waals surface area contributed by atoms with Crippen molar-refractivity contribution >= 4 is 5.97 Å². The molecule has 17 heavy (non-hydrogen) atoms. The SMILES string of the molecule is CCC(N)(Cc1cccc(C#N)c1)C(=O)OC. The molecule has 0 aromatic heterocycles. The predicted octanol–water partition coefficient (Wildman–Crippen LogP) is 1.38. The second-order valence-corrected chi connectivity index (χ2v) is 3.99. The molecule has 1 rings (SSSR count). The number of esters is 1. The van der Waals surface area contributed by atoms with E-state index in [4.69, 9.17) is 15.7 Å². The van der Waals surface area contributed by atoms with Crippen molar-refractivity contribution < 1.29 is 9.53 Å². The highest BCUT2D eigenvalue weighted by Gasteiger charge is 2.33. The van der Waals surface area contributed by atoms with Gasteiger partial charge in [0.05, 0.1) is 18.7 Å². The number of methoxy groups -OCH3 is 1. The highest BCUT2D eigenvalue weighted by molar-refractivity contribution is 5.80. The van der Waals surface area contributed by atoms with E-state index in [9.17, 15) is 4.79 Å². The van der Waals surface area contributed by atoms with Gasteiger partial charge in [-0.25, -0.2) is 0 Å². The van der Waals surface area contributed by atoms with Gasteiger partial charge in [0.2, 0.25) is 0 Å². The summed E-state index contributed by atoms with van der Waals surface area (Å²) in [5.41, 5.74) is 6.41. The van der Waals surface area contributed by atoms with Crippen LogP contribution in [0.1, 0.15) is 24.5 Å². The molecular weight excluding hydrogens is 216 g/mol. The molecule has 90 valence electrons. The number of carbonyl (C=O) groups is 1. The molecular formula is C13H16N2O2. The van der Waals surface area contributed by atoms with E-state index in [1.807, 2.05) is 13.0 Å². The van der Waals surface area contributed by atoms with Crippen LogP contribution in [-0.2, 0) is 16.0 Å². The van der Waals surface area contributed by atoms with E-state index in [1.54, 1.807) is 18.2 Å². The zero-order valence-electron chi connectivity index (χ0n) is 10.1. The van der Waals surface area contributed by atoms with E-state index in [1.165, 1.54) is 7.11 Å². The van der Waals surface area contributed by atoms with Gasteiger partial charge >= 0.3 is 5.97 Å². The van der Waals surface area contributed by atoms with Crippen molar-refractivity contribution in [1.29, 1.82) is 5.26 Å². The number of nitriles is 1. The summed E-state index contributed by atoms with van der Waals surface area (Å²) in [6.07, 6.45) is 0.849. The molecule has 0 bridgehead atoms. The largest absolute Gasteiger partial charge is 0.468 e. The average Bonchev–Trinajstić information content (AvgIpc) is 2.37. The van der Waals surface area contributed by atoms with Crippen LogP contribution in [-0.4, -0.2) is 18.6 Å². The molecule has 1 aromatic rings. The van der Waals surface area contributed by atoms with Crippen LogP contribution < -0.4 is 5.73 Å². The average molecular weight is 232 g/mol. The number of carbonyl (C=O) groups excluding carboxylic acids is 1. The Bertz CT molecular complexity index is 451. The Morgan fingerprint density at radius 2 is 2.29 bits per heavy atom. The van der Waals surface area contributed by atoms with Crippen molar-refractivity contribution in [3.8, 4) is 6.07 Å². The summed E-state index contributed by atoms with van der Waals surface area (Å²) in [6.45, 7) is 1.84. The number of benzene rings is 1. The van der Waals surface area contributed by atoms with Crippen LogP contribution in [0.2, 0.25) is 0 Å². The standard InChI is InChI=1S/C13H16N2O2/c1-3-13(15,12(16)17-2)8-10-5-4-6-11(7-10)9-14/h4-7H,3,8,15H2,1-2H3. The van der Waals surface area contributed by atoms with E-state index in [0.29, 0.717) is 18.4 Å². The van der Waals surface area contributed by atoms with Crippen LogP contribution in [0.25, 0.3) is 0 Å². The highest BCUT2D eigenvalue weighted by atomic mass is 16.5. The molecule has 1 unspecified atom stereocenters. The van der Waals surface area contributed by atoms with Gasteiger partial charge < -0.3 is 10.5 Å². The first-order chi connectivity index (χ1) is 8.05. The summed E-state index contributed by atoms with van der Waals surface area (Å²) in [5.74, 6) is -0.428. The van der Waals surface area contributed by atoms with Gasteiger partial charge in [-0.3, -0.25) is 4.79 Å². The molecule has 4 nitrogen and oxygen atoms in total. The Balaban J connectivity index is 2.95. The lowest BCUT2D eigenvalue weighted by Gasteiger charge is -2.25. The minimum Gasteiger partial charge on any atom is -0.468 e. The maximum Gasteiger partial charge on any atom is 0.326 e. The number of nitrogens with zero attached hydrogens (tertiary/aromatic N) is 1. The summed E-state index contributed by atoms with van der Waals surface area (Å²) in [7, 11) is 1.32. The van der Waals surface area contributed by atoms with Crippen molar-refractivity contribution in [2.75, 3.05) is 7.11 Å². The molecule has 1 atom stereocenters. The zero-order chi connectivity index (χ0) is 12.9. The molecule has 4 heteroatoms. The molecule has 0 amide bonds. The molecule has 0 aliphatic rings. The molecule has 0 saturated heterocycles. The fourth-order valence-electron chi connectivity index (χ4n) is 1.66. The maximum atomic E-state index is 11.6. The smallest absolute Gasteiger partial charge is 0.326 e. The van der Waals surface area contributed by atoms with Gasteiger partial charge in [0.1, 0.15) is 5.54 Å². The minimum absolute atomic E-state index is 0.367. The van der Waals surface area contributed by atoms with Gasteiger partial charge in [0.25, 0.3) is 0 Å². The third-order valence-electron chi connectivity index (χ3n) is 2.80. The summed E-state index contributed by atoms with van der Waals surface area (Å²) >= 11 is 0. The van der Waals surface area contributed by atoms with Crippen LogP contribution in [0.5, 0.6) is 0 Å². The lowest BCUT2D eigenvalue weighted by molar-refractivity contribution is -0.147. The maximum absolute atomic E-state index is 11.6. The first kappa shape index (κ1) is 13.2. The number of hydrogen-bond donors (Lipinski definition) is 1. The van der Waals surface area contributed by atoms with Crippen molar-refractivity contribution in [2.24, 2.45) is 5.73 Å². The van der Waals surface area contributed by atoms with Gasteiger partial charge in [-0.1, -0.05) is 19.1 Å². The molecule has 0 saturated carbocycles. The van der Waals surface area contributed by atoms with Crippen LogP contribution in [0, 0.1) is 11.3 Å². The molecule has 0 fully saturated rings. The second-order valence-electron chi connectivity index (χ2n) is 3.99. The summed E-state index contributed by atoms with van der Waals surface area (Å²) < 4.78 is 4.71. The fourth-order valence-corrected chi connectivity index (χ4v) is 1.66. The van der Waals surface area contributed by atoms with Gasteiger partial charge in [0, 0.05) is 6.42 Å². The molecule has 2 N–H and O–H groups in total. The highest BCUT2D eigenvalue weighted by Crippen LogP contribution is 2.17. The van der Waals surface area contributed by atoms with Crippen molar-refractivity contribution in [1.82, 2.24) is 0 Å². The summed E-state index contributed by atoms with van der Waals surface area (Å²) in [4.78, 5) is 11.6. The zero-order valence-corrected chi connectivity index (χ0v) is 10.1. The Morgan fingerprint density at radius 1 is 1.59 bits per heavy atom. The number of rotatable bonds is 4. The first-order valence-corrected chi connectivity index (χ1v) is 5.42. The Labute approximate surface area is 101 Å². The van der Waals surface area contributed by atoms with E-state index in [0.717, 1.165) is 5.56 Å². The van der Waals surface area contributed by atoms with Crippen molar-refractivity contribution in [2.45, 2.75) is 25.3 Å². The number of hydrogen-bond acceptors (Lipinski definition) is 4. The Morgan fingerprint density at radius 3 is 2.82 bits per heavy atom. The quantitative estimate of drug-likeness (QED) is 0.796. The van der Waals surface area contributed by atoms with Gasteiger partial charge in [-0.05, 0) is 24.1 Å². The Kier molecular flexibility index (Phi) is 4.24. The third-order valence-corrected chi connectivity index (χ3v) is 2.80.